The highest BCUT2D eigenvalue weighted by molar-refractivity contribution is 5.96. The van der Waals surface area contributed by atoms with Crippen LogP contribution in [0.3, 0.4) is 0 Å². The van der Waals surface area contributed by atoms with E-state index in [1.807, 2.05) is 13.8 Å². The minimum Gasteiger partial charge on any atom is -0.339 e. The quantitative estimate of drug-likeness (QED) is 0.778. The van der Waals surface area contributed by atoms with Crippen LogP contribution >= 0.6 is 0 Å². The van der Waals surface area contributed by atoms with Gasteiger partial charge in [0, 0.05) is 30.4 Å². The zero-order valence-electron chi connectivity index (χ0n) is 16.2. The molecule has 1 aromatic carbocycles. The van der Waals surface area contributed by atoms with Crippen LogP contribution in [0.4, 0.5) is 5.69 Å². The van der Waals surface area contributed by atoms with Crippen molar-refractivity contribution >= 4 is 17.5 Å². The van der Waals surface area contributed by atoms with Crippen molar-refractivity contribution < 1.29 is 9.59 Å². The minimum absolute atomic E-state index is 0.0267. The number of nitrogens with one attached hydrogen (secondary N) is 2. The Hall–Kier alpha value is -1.88. The molecule has 2 rings (SSSR count). The molecule has 0 aromatic heterocycles. The summed E-state index contributed by atoms with van der Waals surface area (Å²) in [5.74, 6) is -0.00583. The SMILES string of the molecule is CCN(CC)C(=O)c1ccc(NC(=O)CNC2CCCCCCC2)cc1. The third kappa shape index (κ3) is 6.45. The highest BCUT2D eigenvalue weighted by Crippen LogP contribution is 2.17. The van der Waals surface area contributed by atoms with Gasteiger partial charge in [-0.1, -0.05) is 32.1 Å². The monoisotopic (exact) mass is 359 g/mol. The van der Waals surface area contributed by atoms with E-state index in [2.05, 4.69) is 10.6 Å². The van der Waals surface area contributed by atoms with E-state index in [9.17, 15) is 9.59 Å². The van der Waals surface area contributed by atoms with Crippen LogP contribution in [0.2, 0.25) is 0 Å². The van der Waals surface area contributed by atoms with Crippen molar-refractivity contribution in [2.75, 3.05) is 25.0 Å². The second-order valence-electron chi connectivity index (χ2n) is 7.03. The van der Waals surface area contributed by atoms with Crippen LogP contribution in [0.1, 0.15) is 69.2 Å². The lowest BCUT2D eigenvalue weighted by Crippen LogP contribution is -2.36. The van der Waals surface area contributed by atoms with Crippen LogP contribution in [0.25, 0.3) is 0 Å². The zero-order chi connectivity index (χ0) is 18.8. The van der Waals surface area contributed by atoms with Crippen LogP contribution in [-0.2, 0) is 4.79 Å². The van der Waals surface area contributed by atoms with Crippen molar-refractivity contribution in [2.45, 2.75) is 64.8 Å². The summed E-state index contributed by atoms with van der Waals surface area (Å²) in [6, 6.07) is 7.60. The molecule has 2 N–H and O–H groups in total. The number of rotatable bonds is 7. The standard InChI is InChI=1S/C21H33N3O2/c1-3-24(4-2)21(26)17-12-14-19(15-13-17)23-20(25)16-22-18-10-8-6-5-7-9-11-18/h12-15,18,22H,3-11,16H2,1-2H3,(H,23,25). The molecule has 0 radical (unpaired) electrons. The topological polar surface area (TPSA) is 61.4 Å². The first-order valence-corrected chi connectivity index (χ1v) is 10.1. The van der Waals surface area contributed by atoms with Gasteiger partial charge in [-0.25, -0.2) is 0 Å². The smallest absolute Gasteiger partial charge is 0.253 e. The van der Waals surface area contributed by atoms with Crippen molar-refractivity contribution in [2.24, 2.45) is 0 Å². The van der Waals surface area contributed by atoms with Crippen molar-refractivity contribution in [1.29, 1.82) is 0 Å². The van der Waals surface area contributed by atoms with Gasteiger partial charge >= 0.3 is 0 Å². The Morgan fingerprint density at radius 1 is 0.962 bits per heavy atom. The molecule has 144 valence electrons. The molecule has 0 aliphatic heterocycles. The number of amides is 2. The first kappa shape index (κ1) is 20.4. The van der Waals surface area contributed by atoms with Crippen molar-refractivity contribution in [3.63, 3.8) is 0 Å². The molecular formula is C21H33N3O2. The molecule has 0 saturated heterocycles. The molecule has 26 heavy (non-hydrogen) atoms. The molecule has 1 aliphatic carbocycles. The minimum atomic E-state index is -0.0325. The Balaban J connectivity index is 1.80. The molecule has 5 nitrogen and oxygen atoms in total. The number of anilines is 1. The van der Waals surface area contributed by atoms with Gasteiger partial charge in [0.05, 0.1) is 6.54 Å². The Morgan fingerprint density at radius 3 is 2.12 bits per heavy atom. The summed E-state index contributed by atoms with van der Waals surface area (Å²) in [6.45, 7) is 5.67. The molecule has 1 fully saturated rings. The average Bonchev–Trinajstić information content (AvgIpc) is 2.62. The van der Waals surface area contributed by atoms with Crippen LogP contribution in [0.15, 0.2) is 24.3 Å². The molecular weight excluding hydrogens is 326 g/mol. The summed E-state index contributed by atoms with van der Waals surface area (Å²) in [5, 5.41) is 6.30. The third-order valence-corrected chi connectivity index (χ3v) is 5.12. The number of hydrogen-bond acceptors (Lipinski definition) is 3. The summed E-state index contributed by atoms with van der Waals surface area (Å²) in [5.41, 5.74) is 1.38. The third-order valence-electron chi connectivity index (χ3n) is 5.12. The van der Waals surface area contributed by atoms with Crippen molar-refractivity contribution in [3.8, 4) is 0 Å². The normalized spacial score (nSPS) is 15.8. The lowest BCUT2D eigenvalue weighted by atomic mass is 9.97. The van der Waals surface area contributed by atoms with Crippen LogP contribution in [0.5, 0.6) is 0 Å². The average molecular weight is 360 g/mol. The molecule has 1 aliphatic rings. The summed E-state index contributed by atoms with van der Waals surface area (Å²) < 4.78 is 0. The lowest BCUT2D eigenvalue weighted by Gasteiger charge is -2.21. The Kier molecular flexibility index (Phi) is 8.62. The second kappa shape index (κ2) is 11.0. The number of benzene rings is 1. The van der Waals surface area contributed by atoms with Crippen LogP contribution in [-0.4, -0.2) is 42.4 Å². The maximum atomic E-state index is 12.3. The Labute approximate surface area is 157 Å². The number of nitrogens with zero attached hydrogens (tertiary/aromatic N) is 1. The first-order valence-electron chi connectivity index (χ1n) is 10.1. The van der Waals surface area contributed by atoms with Gasteiger partial charge in [0.25, 0.3) is 5.91 Å². The fourth-order valence-corrected chi connectivity index (χ4v) is 3.49. The molecule has 0 bridgehead atoms. The van der Waals surface area contributed by atoms with Gasteiger partial charge < -0.3 is 15.5 Å². The predicted octanol–water partition coefficient (Wildman–Crippen LogP) is 3.81. The van der Waals surface area contributed by atoms with E-state index >= 15 is 0 Å². The summed E-state index contributed by atoms with van der Waals surface area (Å²) in [6.07, 6.45) is 8.79. The molecule has 0 spiro atoms. The predicted molar refractivity (Wildman–Crippen MR) is 106 cm³/mol. The maximum Gasteiger partial charge on any atom is 0.253 e. The van der Waals surface area contributed by atoms with E-state index in [-0.39, 0.29) is 11.8 Å². The lowest BCUT2D eigenvalue weighted by molar-refractivity contribution is -0.115. The Bertz CT molecular complexity index is 559. The van der Waals surface area contributed by atoms with Crippen molar-refractivity contribution in [1.82, 2.24) is 10.2 Å². The van der Waals surface area contributed by atoms with E-state index in [0.29, 0.717) is 31.2 Å². The summed E-state index contributed by atoms with van der Waals surface area (Å²) in [4.78, 5) is 26.3. The number of hydrogen-bond donors (Lipinski definition) is 2. The van der Waals surface area contributed by atoms with E-state index < -0.39 is 0 Å². The summed E-state index contributed by atoms with van der Waals surface area (Å²) in [7, 11) is 0. The van der Waals surface area contributed by atoms with Crippen LogP contribution in [0, 0.1) is 0 Å². The van der Waals surface area contributed by atoms with E-state index in [0.717, 1.165) is 18.5 Å². The molecule has 0 atom stereocenters. The van der Waals surface area contributed by atoms with Crippen LogP contribution < -0.4 is 10.6 Å². The molecule has 2 amide bonds. The van der Waals surface area contributed by atoms with E-state index in [4.69, 9.17) is 0 Å². The van der Waals surface area contributed by atoms with Crippen molar-refractivity contribution in [3.05, 3.63) is 29.8 Å². The fourth-order valence-electron chi connectivity index (χ4n) is 3.49. The second-order valence-corrected chi connectivity index (χ2v) is 7.03. The first-order chi connectivity index (χ1) is 12.6. The molecule has 5 heteroatoms. The molecule has 0 heterocycles. The van der Waals surface area contributed by atoms with Gasteiger partial charge in [-0.3, -0.25) is 9.59 Å². The highest BCUT2D eigenvalue weighted by atomic mass is 16.2. The van der Waals surface area contributed by atoms with Gasteiger partial charge in [0.15, 0.2) is 0 Å². The van der Waals surface area contributed by atoms with Gasteiger partial charge in [-0.2, -0.15) is 0 Å². The van der Waals surface area contributed by atoms with E-state index in [1.165, 1.54) is 32.1 Å². The maximum absolute atomic E-state index is 12.3. The molecule has 1 saturated carbocycles. The highest BCUT2D eigenvalue weighted by Gasteiger charge is 2.14. The van der Waals surface area contributed by atoms with Gasteiger partial charge in [-0.15, -0.1) is 0 Å². The fraction of sp³-hybridized carbons (Fsp3) is 0.619. The number of carbonyl (C=O) groups excluding carboxylic acids is 2. The number of carbonyl (C=O) groups is 2. The summed E-state index contributed by atoms with van der Waals surface area (Å²) >= 11 is 0. The van der Waals surface area contributed by atoms with Gasteiger partial charge in [0.1, 0.15) is 0 Å². The molecule has 0 unspecified atom stereocenters. The molecule has 1 aromatic rings. The van der Waals surface area contributed by atoms with Gasteiger partial charge in [-0.05, 0) is 51.0 Å². The largest absolute Gasteiger partial charge is 0.339 e. The van der Waals surface area contributed by atoms with E-state index in [1.54, 1.807) is 29.2 Å². The van der Waals surface area contributed by atoms with Gasteiger partial charge in [0.2, 0.25) is 5.91 Å². The Morgan fingerprint density at radius 2 is 1.54 bits per heavy atom. The zero-order valence-corrected chi connectivity index (χ0v) is 16.2.